The summed E-state index contributed by atoms with van der Waals surface area (Å²) in [4.78, 5) is 1.91. The first-order valence-electron chi connectivity index (χ1n) is 4.58. The summed E-state index contributed by atoms with van der Waals surface area (Å²) in [6.07, 6.45) is 2.10. The van der Waals surface area contributed by atoms with Gasteiger partial charge in [0.05, 0.1) is 10.7 Å². The van der Waals surface area contributed by atoms with E-state index >= 15 is 0 Å². The third-order valence-corrected chi connectivity index (χ3v) is 2.79. The molecule has 1 fully saturated rings. The van der Waals surface area contributed by atoms with E-state index in [0.717, 1.165) is 32.0 Å². The Labute approximate surface area is 86.3 Å². The molecule has 1 aliphatic heterocycles. The third kappa shape index (κ3) is 1.69. The summed E-state index contributed by atoms with van der Waals surface area (Å²) < 4.78 is 26.0. The fourth-order valence-corrected chi connectivity index (χ4v) is 1.96. The number of benzene rings is 1. The van der Waals surface area contributed by atoms with E-state index in [2.05, 4.69) is 0 Å². The van der Waals surface area contributed by atoms with E-state index in [0.29, 0.717) is 5.69 Å². The highest BCUT2D eigenvalue weighted by atomic mass is 35.5. The summed E-state index contributed by atoms with van der Waals surface area (Å²) >= 11 is 5.76. The predicted octanol–water partition coefficient (Wildman–Crippen LogP) is 3.22. The van der Waals surface area contributed by atoms with Gasteiger partial charge in [0.15, 0.2) is 0 Å². The van der Waals surface area contributed by atoms with Crippen molar-refractivity contribution in [1.29, 1.82) is 0 Å². The van der Waals surface area contributed by atoms with Gasteiger partial charge in [0.2, 0.25) is 0 Å². The van der Waals surface area contributed by atoms with Crippen LogP contribution in [-0.4, -0.2) is 13.1 Å². The average Bonchev–Trinajstić information content (AvgIpc) is 2.63. The molecule has 0 N–H and O–H groups in total. The van der Waals surface area contributed by atoms with E-state index in [4.69, 9.17) is 11.6 Å². The minimum atomic E-state index is -0.687. The molecule has 0 aliphatic carbocycles. The Kier molecular flexibility index (Phi) is 2.59. The highest BCUT2D eigenvalue weighted by molar-refractivity contribution is 6.33. The van der Waals surface area contributed by atoms with Crippen molar-refractivity contribution in [1.82, 2.24) is 0 Å². The van der Waals surface area contributed by atoms with Crippen LogP contribution < -0.4 is 4.90 Å². The molecule has 0 spiro atoms. The number of hydrogen-bond acceptors (Lipinski definition) is 1. The van der Waals surface area contributed by atoms with Crippen molar-refractivity contribution >= 4 is 17.3 Å². The van der Waals surface area contributed by atoms with Crippen LogP contribution in [-0.2, 0) is 0 Å². The van der Waals surface area contributed by atoms with E-state index in [1.165, 1.54) is 6.07 Å². The minimum absolute atomic E-state index is 0.0216. The molecule has 0 bridgehead atoms. The quantitative estimate of drug-likeness (QED) is 0.653. The molecule has 1 aromatic carbocycles. The van der Waals surface area contributed by atoms with Gasteiger partial charge in [0, 0.05) is 19.2 Å². The highest BCUT2D eigenvalue weighted by Gasteiger charge is 2.18. The average molecular weight is 218 g/mol. The van der Waals surface area contributed by atoms with E-state index in [1.807, 2.05) is 4.90 Å². The molecule has 2 rings (SSSR count). The lowest BCUT2D eigenvalue weighted by molar-refractivity contribution is 0.583. The second-order valence-corrected chi connectivity index (χ2v) is 3.79. The van der Waals surface area contributed by atoms with E-state index in [1.54, 1.807) is 0 Å². The second-order valence-electron chi connectivity index (χ2n) is 3.41. The molecule has 1 nitrogen and oxygen atoms in total. The summed E-state index contributed by atoms with van der Waals surface area (Å²) in [6.45, 7) is 1.64. The fourth-order valence-electron chi connectivity index (χ4n) is 1.73. The monoisotopic (exact) mass is 217 g/mol. The van der Waals surface area contributed by atoms with Gasteiger partial charge in [-0.15, -0.1) is 0 Å². The Hall–Kier alpha value is -0.830. The van der Waals surface area contributed by atoms with Gasteiger partial charge >= 0.3 is 0 Å². The molecule has 4 heteroatoms. The van der Waals surface area contributed by atoms with Crippen molar-refractivity contribution < 1.29 is 8.78 Å². The van der Waals surface area contributed by atoms with Crippen LogP contribution in [0.5, 0.6) is 0 Å². The number of hydrogen-bond donors (Lipinski definition) is 0. The third-order valence-electron chi connectivity index (χ3n) is 2.42. The number of anilines is 1. The van der Waals surface area contributed by atoms with E-state index in [-0.39, 0.29) is 5.02 Å². The molecule has 1 aliphatic rings. The molecule has 14 heavy (non-hydrogen) atoms. The van der Waals surface area contributed by atoms with E-state index < -0.39 is 11.6 Å². The van der Waals surface area contributed by atoms with Crippen LogP contribution in [0.3, 0.4) is 0 Å². The zero-order chi connectivity index (χ0) is 10.1. The lowest BCUT2D eigenvalue weighted by Crippen LogP contribution is -2.18. The Morgan fingerprint density at radius 3 is 2.43 bits per heavy atom. The number of halogens is 3. The molecule has 0 atom stereocenters. The normalized spacial score (nSPS) is 16.4. The van der Waals surface area contributed by atoms with Gasteiger partial charge in [-0.2, -0.15) is 0 Å². The first kappa shape index (κ1) is 9.71. The van der Waals surface area contributed by atoms with Crippen molar-refractivity contribution in [3.63, 3.8) is 0 Å². The summed E-state index contributed by atoms with van der Waals surface area (Å²) in [7, 11) is 0. The molecule has 0 unspecified atom stereocenters. The molecule has 76 valence electrons. The molecule has 1 heterocycles. The Morgan fingerprint density at radius 1 is 1.14 bits per heavy atom. The fraction of sp³-hybridized carbons (Fsp3) is 0.400. The van der Waals surface area contributed by atoms with Crippen LogP contribution in [0.1, 0.15) is 12.8 Å². The zero-order valence-corrected chi connectivity index (χ0v) is 8.32. The molecular formula is C10H10ClF2N. The highest BCUT2D eigenvalue weighted by Crippen LogP contribution is 2.31. The summed E-state index contributed by atoms with van der Waals surface area (Å²) in [5, 5.41) is 0.0216. The van der Waals surface area contributed by atoms with Crippen molar-refractivity contribution in [2.75, 3.05) is 18.0 Å². The standard InChI is InChI=1S/C10H10ClF2N/c11-10-8(13)5-7(12)6-9(10)14-3-1-2-4-14/h5-6H,1-4H2. The van der Waals surface area contributed by atoms with Gasteiger partial charge in [0.25, 0.3) is 0 Å². The lowest BCUT2D eigenvalue weighted by atomic mass is 10.2. The molecule has 0 saturated carbocycles. The first-order chi connectivity index (χ1) is 6.68. The van der Waals surface area contributed by atoms with Gasteiger partial charge in [0.1, 0.15) is 11.6 Å². The minimum Gasteiger partial charge on any atom is -0.370 e. The predicted molar refractivity (Wildman–Crippen MR) is 52.8 cm³/mol. The molecule has 1 aromatic rings. The summed E-state index contributed by atoms with van der Waals surface area (Å²) in [5.41, 5.74) is 0.474. The van der Waals surface area contributed by atoms with Crippen molar-refractivity contribution in [3.05, 3.63) is 28.8 Å². The molecule has 1 saturated heterocycles. The lowest BCUT2D eigenvalue weighted by Gasteiger charge is -2.19. The maximum absolute atomic E-state index is 13.1. The van der Waals surface area contributed by atoms with Crippen LogP contribution >= 0.6 is 11.6 Å². The second kappa shape index (κ2) is 3.73. The van der Waals surface area contributed by atoms with Crippen LogP contribution in [0.15, 0.2) is 12.1 Å². The van der Waals surface area contributed by atoms with Crippen LogP contribution in [0.4, 0.5) is 14.5 Å². The van der Waals surface area contributed by atoms with E-state index in [9.17, 15) is 8.78 Å². The smallest absolute Gasteiger partial charge is 0.146 e. The van der Waals surface area contributed by atoms with Crippen molar-refractivity contribution in [3.8, 4) is 0 Å². The SMILES string of the molecule is Fc1cc(F)c(Cl)c(N2CCCC2)c1. The van der Waals surface area contributed by atoms with Crippen LogP contribution in [0.2, 0.25) is 5.02 Å². The summed E-state index contributed by atoms with van der Waals surface area (Å²) in [6, 6.07) is 2.10. The van der Waals surface area contributed by atoms with Gasteiger partial charge < -0.3 is 4.90 Å². The van der Waals surface area contributed by atoms with Crippen molar-refractivity contribution in [2.45, 2.75) is 12.8 Å². The molecule has 0 aromatic heterocycles. The Bertz CT molecular complexity index is 348. The van der Waals surface area contributed by atoms with Gasteiger partial charge in [-0.05, 0) is 18.9 Å². The number of nitrogens with zero attached hydrogens (tertiary/aromatic N) is 1. The maximum Gasteiger partial charge on any atom is 0.146 e. The van der Waals surface area contributed by atoms with Crippen molar-refractivity contribution in [2.24, 2.45) is 0 Å². The Balaban J connectivity index is 2.40. The van der Waals surface area contributed by atoms with Crippen LogP contribution in [0, 0.1) is 11.6 Å². The molecular weight excluding hydrogens is 208 g/mol. The topological polar surface area (TPSA) is 3.24 Å². The van der Waals surface area contributed by atoms with Gasteiger partial charge in [-0.3, -0.25) is 0 Å². The molecule has 0 amide bonds. The largest absolute Gasteiger partial charge is 0.370 e. The number of rotatable bonds is 1. The maximum atomic E-state index is 13.1. The van der Waals surface area contributed by atoms with Gasteiger partial charge in [-0.25, -0.2) is 8.78 Å². The summed E-state index contributed by atoms with van der Waals surface area (Å²) in [5.74, 6) is -1.26. The van der Waals surface area contributed by atoms with Crippen LogP contribution in [0.25, 0.3) is 0 Å². The molecule has 0 radical (unpaired) electrons. The Morgan fingerprint density at radius 2 is 1.79 bits per heavy atom. The van der Waals surface area contributed by atoms with Gasteiger partial charge in [-0.1, -0.05) is 11.6 Å². The first-order valence-corrected chi connectivity index (χ1v) is 4.96. The zero-order valence-electron chi connectivity index (χ0n) is 7.56.